The lowest BCUT2D eigenvalue weighted by atomic mass is 10.0. The van der Waals surface area contributed by atoms with Gasteiger partial charge >= 0.3 is 0 Å². The monoisotopic (exact) mass is 263 g/mol. The molecule has 3 N–H and O–H groups in total. The van der Waals surface area contributed by atoms with Gasteiger partial charge in [-0.1, -0.05) is 29.4 Å². The highest BCUT2D eigenvalue weighted by Gasteiger charge is 2.10. The van der Waals surface area contributed by atoms with Crippen LogP contribution in [0.2, 0.25) is 0 Å². The zero-order valence-electron chi connectivity index (χ0n) is 11.5. The van der Waals surface area contributed by atoms with Crippen molar-refractivity contribution in [1.82, 2.24) is 4.90 Å². The maximum atomic E-state index is 11.9. The van der Waals surface area contributed by atoms with Crippen LogP contribution in [-0.4, -0.2) is 35.4 Å². The molecule has 0 atom stereocenters. The molecule has 0 aliphatic heterocycles. The van der Waals surface area contributed by atoms with Crippen molar-refractivity contribution in [1.29, 1.82) is 0 Å². The Morgan fingerprint density at radius 1 is 1.37 bits per heavy atom. The number of hydrogen-bond donors (Lipinski definition) is 2. The molecule has 5 heteroatoms. The summed E-state index contributed by atoms with van der Waals surface area (Å²) in [5.41, 5.74) is 7.77. The zero-order chi connectivity index (χ0) is 14.3. The fourth-order valence-corrected chi connectivity index (χ4v) is 1.78. The highest BCUT2D eigenvalue weighted by Crippen LogP contribution is 2.10. The van der Waals surface area contributed by atoms with Gasteiger partial charge in [0.1, 0.15) is 5.84 Å². The lowest BCUT2D eigenvalue weighted by Gasteiger charge is -2.17. The molecular formula is C14H21N3O2. The molecule has 0 saturated carbocycles. The van der Waals surface area contributed by atoms with Crippen LogP contribution in [0.15, 0.2) is 29.4 Å². The summed E-state index contributed by atoms with van der Waals surface area (Å²) >= 11 is 0. The van der Waals surface area contributed by atoms with Gasteiger partial charge in [-0.05, 0) is 24.5 Å². The zero-order valence-corrected chi connectivity index (χ0v) is 11.5. The predicted molar refractivity (Wildman–Crippen MR) is 75.2 cm³/mol. The third kappa shape index (κ3) is 4.99. The molecule has 1 rings (SSSR count). The molecule has 0 bridgehead atoms. The van der Waals surface area contributed by atoms with Gasteiger partial charge in [-0.15, -0.1) is 0 Å². The van der Waals surface area contributed by atoms with Gasteiger partial charge in [-0.25, -0.2) is 0 Å². The van der Waals surface area contributed by atoms with Crippen molar-refractivity contribution in [2.45, 2.75) is 26.2 Å². The van der Waals surface area contributed by atoms with Gasteiger partial charge in [0.15, 0.2) is 0 Å². The number of rotatable bonds is 6. The predicted octanol–water partition coefficient (Wildman–Crippen LogP) is 1.52. The van der Waals surface area contributed by atoms with Crippen molar-refractivity contribution >= 4 is 11.7 Å². The number of nitrogens with two attached hydrogens (primary N) is 1. The molecule has 0 fully saturated rings. The van der Waals surface area contributed by atoms with Gasteiger partial charge < -0.3 is 15.8 Å². The van der Waals surface area contributed by atoms with Crippen LogP contribution < -0.4 is 5.73 Å². The molecule has 0 saturated heterocycles. The Balaban J connectivity index is 2.41. The molecule has 0 unspecified atom stereocenters. The van der Waals surface area contributed by atoms with Gasteiger partial charge in [0, 0.05) is 26.4 Å². The molecule has 0 aliphatic carbocycles. The highest BCUT2D eigenvalue weighted by atomic mass is 16.4. The normalized spacial score (nSPS) is 11.4. The van der Waals surface area contributed by atoms with Crippen molar-refractivity contribution in [3.63, 3.8) is 0 Å². The number of amidine groups is 1. The first-order valence-corrected chi connectivity index (χ1v) is 6.29. The van der Waals surface area contributed by atoms with E-state index in [0.717, 1.165) is 6.42 Å². The Morgan fingerprint density at radius 3 is 2.68 bits per heavy atom. The van der Waals surface area contributed by atoms with Crippen molar-refractivity contribution in [2.24, 2.45) is 10.9 Å². The van der Waals surface area contributed by atoms with E-state index < -0.39 is 0 Å². The average molecular weight is 263 g/mol. The Bertz CT molecular complexity index is 458. The summed E-state index contributed by atoms with van der Waals surface area (Å²) in [7, 11) is 1.73. The van der Waals surface area contributed by atoms with E-state index in [9.17, 15) is 4.79 Å². The molecule has 1 aromatic rings. The maximum Gasteiger partial charge on any atom is 0.222 e. The van der Waals surface area contributed by atoms with E-state index in [0.29, 0.717) is 19.4 Å². The summed E-state index contributed by atoms with van der Waals surface area (Å²) in [4.78, 5) is 13.5. The van der Waals surface area contributed by atoms with Crippen molar-refractivity contribution in [3.8, 4) is 0 Å². The smallest absolute Gasteiger partial charge is 0.222 e. The minimum atomic E-state index is 0.0639. The topological polar surface area (TPSA) is 78.9 Å². The summed E-state index contributed by atoms with van der Waals surface area (Å²) in [6.07, 6.45) is 1.58. The summed E-state index contributed by atoms with van der Waals surface area (Å²) in [5.74, 6) is 0.201. The Labute approximate surface area is 113 Å². The summed E-state index contributed by atoms with van der Waals surface area (Å²) < 4.78 is 0. The standard InChI is InChI=1S/C14H21N3O2/c1-11-5-3-4-6-12(11)7-8-14(18)17(2)10-9-13(15)16-19/h3-6,19H,7-10H2,1-2H3,(H2,15,16). The van der Waals surface area contributed by atoms with Gasteiger partial charge in [-0.3, -0.25) is 4.79 Å². The second kappa shape index (κ2) is 7.41. The number of benzene rings is 1. The molecule has 1 amide bonds. The van der Waals surface area contributed by atoms with E-state index in [1.54, 1.807) is 11.9 Å². The van der Waals surface area contributed by atoms with Crippen LogP contribution in [-0.2, 0) is 11.2 Å². The first-order valence-electron chi connectivity index (χ1n) is 6.29. The third-order valence-electron chi connectivity index (χ3n) is 3.13. The molecule has 0 aliphatic rings. The van der Waals surface area contributed by atoms with Crippen LogP contribution in [0.5, 0.6) is 0 Å². The Morgan fingerprint density at radius 2 is 2.05 bits per heavy atom. The molecule has 104 valence electrons. The minimum Gasteiger partial charge on any atom is -0.409 e. The Hall–Kier alpha value is -2.04. The second-order valence-electron chi connectivity index (χ2n) is 4.58. The lowest BCUT2D eigenvalue weighted by molar-refractivity contribution is -0.129. The van der Waals surface area contributed by atoms with Gasteiger partial charge in [-0.2, -0.15) is 0 Å². The Kier molecular flexibility index (Phi) is 5.85. The van der Waals surface area contributed by atoms with Gasteiger partial charge in [0.05, 0.1) is 0 Å². The van der Waals surface area contributed by atoms with E-state index in [-0.39, 0.29) is 11.7 Å². The molecule has 0 spiro atoms. The minimum absolute atomic E-state index is 0.0639. The number of carbonyl (C=O) groups excluding carboxylic acids is 1. The molecule has 0 aromatic heterocycles. The molecule has 0 radical (unpaired) electrons. The summed E-state index contributed by atoms with van der Waals surface area (Å²) in [6.45, 7) is 2.50. The largest absolute Gasteiger partial charge is 0.409 e. The first kappa shape index (κ1) is 15.0. The van der Waals surface area contributed by atoms with Crippen LogP contribution in [0.4, 0.5) is 0 Å². The van der Waals surface area contributed by atoms with Crippen LogP contribution >= 0.6 is 0 Å². The summed E-state index contributed by atoms with van der Waals surface area (Å²) in [6, 6.07) is 8.06. The number of amides is 1. The van der Waals surface area contributed by atoms with E-state index in [1.807, 2.05) is 31.2 Å². The molecular weight excluding hydrogens is 242 g/mol. The van der Waals surface area contributed by atoms with E-state index >= 15 is 0 Å². The number of carbonyl (C=O) groups is 1. The fraction of sp³-hybridized carbons (Fsp3) is 0.429. The highest BCUT2D eigenvalue weighted by molar-refractivity contribution is 5.81. The fourth-order valence-electron chi connectivity index (χ4n) is 1.78. The number of aryl methyl sites for hydroxylation is 2. The van der Waals surface area contributed by atoms with Gasteiger partial charge in [0.25, 0.3) is 0 Å². The van der Waals surface area contributed by atoms with Crippen molar-refractivity contribution in [2.75, 3.05) is 13.6 Å². The first-order chi connectivity index (χ1) is 9.04. The lowest BCUT2D eigenvalue weighted by Crippen LogP contribution is -2.30. The van der Waals surface area contributed by atoms with Crippen LogP contribution in [0.25, 0.3) is 0 Å². The molecule has 5 nitrogen and oxygen atoms in total. The van der Waals surface area contributed by atoms with Crippen LogP contribution in [0.3, 0.4) is 0 Å². The average Bonchev–Trinajstić information content (AvgIpc) is 2.43. The molecule has 0 heterocycles. The second-order valence-corrected chi connectivity index (χ2v) is 4.58. The molecule has 1 aromatic carbocycles. The van der Waals surface area contributed by atoms with E-state index in [4.69, 9.17) is 10.9 Å². The van der Waals surface area contributed by atoms with Crippen LogP contribution in [0.1, 0.15) is 24.0 Å². The number of oxime groups is 1. The maximum absolute atomic E-state index is 11.9. The van der Waals surface area contributed by atoms with Crippen molar-refractivity contribution in [3.05, 3.63) is 35.4 Å². The van der Waals surface area contributed by atoms with E-state index in [1.165, 1.54) is 11.1 Å². The SMILES string of the molecule is Cc1ccccc1CCC(=O)N(C)CCC(N)=NO. The van der Waals surface area contributed by atoms with E-state index in [2.05, 4.69) is 5.16 Å². The number of nitrogens with zero attached hydrogens (tertiary/aromatic N) is 2. The van der Waals surface area contributed by atoms with Crippen molar-refractivity contribution < 1.29 is 10.0 Å². The van der Waals surface area contributed by atoms with Crippen LogP contribution in [0, 0.1) is 6.92 Å². The quantitative estimate of drug-likeness (QED) is 0.353. The van der Waals surface area contributed by atoms with Gasteiger partial charge in [0.2, 0.25) is 5.91 Å². The molecule has 19 heavy (non-hydrogen) atoms. The number of hydrogen-bond acceptors (Lipinski definition) is 3. The summed E-state index contributed by atoms with van der Waals surface area (Å²) in [5, 5.41) is 11.3. The third-order valence-corrected chi connectivity index (χ3v) is 3.13.